The van der Waals surface area contributed by atoms with Crippen molar-refractivity contribution in [2.24, 2.45) is 0 Å². The van der Waals surface area contributed by atoms with E-state index in [0.717, 1.165) is 0 Å². The molecule has 76 valence electrons. The molecule has 0 aromatic carbocycles. The molecule has 5 heteroatoms. The summed E-state index contributed by atoms with van der Waals surface area (Å²) in [4.78, 5) is 10.9. The Hall–Kier alpha value is -0.653. The first-order chi connectivity index (χ1) is 6.11. The molecule has 0 spiro atoms. The van der Waals surface area contributed by atoms with Gasteiger partial charge in [0.2, 0.25) is 0 Å². The van der Waals surface area contributed by atoms with E-state index >= 15 is 0 Å². The number of esters is 1. The van der Waals surface area contributed by atoms with Crippen LogP contribution in [0.2, 0.25) is 0 Å². The zero-order valence-electron chi connectivity index (χ0n) is 8.33. The van der Waals surface area contributed by atoms with Crippen molar-refractivity contribution in [1.29, 1.82) is 0 Å². The Kier molecular flexibility index (Phi) is 6.48. The molecule has 0 rings (SSSR count). The van der Waals surface area contributed by atoms with E-state index in [1.165, 1.54) is 0 Å². The summed E-state index contributed by atoms with van der Waals surface area (Å²) in [5.74, 6) is -0.531. The van der Waals surface area contributed by atoms with Crippen molar-refractivity contribution in [2.45, 2.75) is 12.8 Å². The monoisotopic (exact) mass is 204 g/mol. The summed E-state index contributed by atoms with van der Waals surface area (Å²) in [7, 11) is 2.46. The summed E-state index contributed by atoms with van der Waals surface area (Å²) in [6.07, 6.45) is 0.415. The van der Waals surface area contributed by atoms with Gasteiger partial charge in [0.05, 0.1) is 6.23 Å². The fourth-order valence-electron chi connectivity index (χ4n) is 0.703. The Morgan fingerprint density at radius 3 is 2.38 bits per heavy atom. The Morgan fingerprint density at radius 2 is 2.00 bits per heavy atom. The highest BCUT2D eigenvalue weighted by Crippen LogP contribution is 1.93. The van der Waals surface area contributed by atoms with Crippen molar-refractivity contribution >= 4 is 15.5 Å². The lowest BCUT2D eigenvalue weighted by Gasteiger charge is -2.12. The topological polar surface area (TPSA) is 44.8 Å². The van der Waals surface area contributed by atoms with Gasteiger partial charge in [0.1, 0.15) is 15.4 Å². The molecule has 0 aliphatic carbocycles. The summed E-state index contributed by atoms with van der Waals surface area (Å²) >= 11 is 0. The molecule has 0 N–H and O–H groups in total. The molecular formula is C8H16O4Si. The lowest BCUT2D eigenvalue weighted by molar-refractivity contribution is -0.137. The van der Waals surface area contributed by atoms with Gasteiger partial charge in [-0.1, -0.05) is 6.58 Å². The van der Waals surface area contributed by atoms with E-state index in [1.807, 2.05) is 0 Å². The van der Waals surface area contributed by atoms with Crippen molar-refractivity contribution in [2.75, 3.05) is 20.4 Å². The smallest absolute Gasteiger partial charge is 0.332 e. The molecule has 0 aliphatic heterocycles. The van der Waals surface area contributed by atoms with Gasteiger partial charge >= 0.3 is 5.97 Å². The van der Waals surface area contributed by atoms with Gasteiger partial charge in [-0.2, -0.15) is 0 Å². The lowest BCUT2D eigenvalue weighted by Crippen LogP contribution is -2.26. The second-order valence-corrected chi connectivity index (χ2v) is 4.26. The minimum Gasteiger partial charge on any atom is -0.467 e. The SMILES string of the molecule is C=C(C)C(=O)OC[SiH2]C(OC)OC. The number of hydrogen-bond donors (Lipinski definition) is 0. The molecule has 0 bridgehead atoms. The van der Waals surface area contributed by atoms with Crippen LogP contribution in [0.5, 0.6) is 0 Å². The highest BCUT2D eigenvalue weighted by atomic mass is 28.2. The maximum absolute atomic E-state index is 10.9. The number of carbonyl (C=O) groups is 1. The second kappa shape index (κ2) is 6.82. The summed E-state index contributed by atoms with van der Waals surface area (Å²) < 4.78 is 14.8. The largest absolute Gasteiger partial charge is 0.467 e. The van der Waals surface area contributed by atoms with Crippen LogP contribution in [0.1, 0.15) is 6.92 Å². The van der Waals surface area contributed by atoms with Crippen LogP contribution in [0, 0.1) is 0 Å². The van der Waals surface area contributed by atoms with Crippen LogP contribution in [0.3, 0.4) is 0 Å². The lowest BCUT2D eigenvalue weighted by atomic mass is 10.4. The number of rotatable bonds is 6. The van der Waals surface area contributed by atoms with Gasteiger partial charge < -0.3 is 14.2 Å². The first kappa shape index (κ1) is 12.3. The number of carbonyl (C=O) groups excluding carboxylic acids is 1. The molecule has 0 unspecified atom stereocenters. The van der Waals surface area contributed by atoms with Crippen molar-refractivity contribution in [3.8, 4) is 0 Å². The Morgan fingerprint density at radius 1 is 1.46 bits per heavy atom. The molecule has 0 radical (unpaired) electrons. The van der Waals surface area contributed by atoms with Crippen LogP contribution >= 0.6 is 0 Å². The fraction of sp³-hybridized carbons (Fsp3) is 0.625. The summed E-state index contributed by atoms with van der Waals surface area (Å²) in [5.41, 5.74) is 0.417. The van der Waals surface area contributed by atoms with Crippen molar-refractivity contribution in [3.05, 3.63) is 12.2 Å². The second-order valence-electron chi connectivity index (χ2n) is 2.61. The van der Waals surface area contributed by atoms with Gasteiger partial charge in [-0.3, -0.25) is 0 Å². The number of ether oxygens (including phenoxy) is 3. The molecule has 0 amide bonds. The van der Waals surface area contributed by atoms with Crippen LogP contribution in [0.4, 0.5) is 0 Å². The first-order valence-electron chi connectivity index (χ1n) is 4.00. The molecule has 4 nitrogen and oxygen atoms in total. The van der Waals surface area contributed by atoms with E-state index in [2.05, 4.69) is 6.58 Å². The molecule has 0 fully saturated rings. The Labute approximate surface area is 80.7 Å². The van der Waals surface area contributed by atoms with E-state index in [-0.39, 0.29) is 11.9 Å². The average Bonchev–Trinajstić information content (AvgIpc) is 2.12. The van der Waals surface area contributed by atoms with Crippen LogP contribution in [0.25, 0.3) is 0 Å². The summed E-state index contributed by atoms with van der Waals surface area (Å²) in [6.45, 7) is 5.09. The standard InChI is InChI=1S/C8H16O4Si/c1-6(2)7(9)12-5-13-8(10-3)11-4/h8H,1,5,13H2,2-4H3. The van der Waals surface area contributed by atoms with Gasteiger partial charge in [0, 0.05) is 19.8 Å². The number of hydrogen-bond acceptors (Lipinski definition) is 4. The zero-order valence-corrected chi connectivity index (χ0v) is 9.75. The highest BCUT2D eigenvalue weighted by molar-refractivity contribution is 6.36. The van der Waals surface area contributed by atoms with Gasteiger partial charge in [-0.25, -0.2) is 4.79 Å². The van der Waals surface area contributed by atoms with E-state index in [1.54, 1.807) is 21.1 Å². The van der Waals surface area contributed by atoms with Crippen LogP contribution in [0.15, 0.2) is 12.2 Å². The third kappa shape index (κ3) is 5.56. The highest BCUT2D eigenvalue weighted by Gasteiger charge is 2.08. The minimum absolute atomic E-state index is 0.182. The van der Waals surface area contributed by atoms with Gasteiger partial charge in [0.25, 0.3) is 0 Å². The zero-order chi connectivity index (χ0) is 10.3. The van der Waals surface area contributed by atoms with Crippen LogP contribution in [-0.2, 0) is 19.0 Å². The molecular weight excluding hydrogens is 188 g/mol. The fourth-order valence-corrected chi connectivity index (χ4v) is 1.67. The predicted octanol–water partition coefficient (Wildman–Crippen LogP) is -0.192. The molecule has 0 aromatic heterocycles. The molecule has 0 saturated carbocycles. The Bertz CT molecular complexity index is 177. The molecule has 0 heterocycles. The molecule has 0 aliphatic rings. The average molecular weight is 204 g/mol. The van der Waals surface area contributed by atoms with E-state index < -0.39 is 9.52 Å². The van der Waals surface area contributed by atoms with Crippen molar-refractivity contribution in [1.82, 2.24) is 0 Å². The minimum atomic E-state index is -0.678. The van der Waals surface area contributed by atoms with Gasteiger partial charge in [-0.15, -0.1) is 0 Å². The molecule has 13 heavy (non-hydrogen) atoms. The molecule has 0 saturated heterocycles. The van der Waals surface area contributed by atoms with E-state index in [4.69, 9.17) is 14.2 Å². The van der Waals surface area contributed by atoms with Gasteiger partial charge in [0.15, 0.2) is 0 Å². The maximum atomic E-state index is 10.9. The van der Waals surface area contributed by atoms with Gasteiger partial charge in [-0.05, 0) is 6.92 Å². The quantitative estimate of drug-likeness (QED) is 0.260. The van der Waals surface area contributed by atoms with Crippen LogP contribution in [-0.4, -0.2) is 41.9 Å². The first-order valence-corrected chi connectivity index (χ1v) is 5.81. The van der Waals surface area contributed by atoms with Crippen LogP contribution < -0.4 is 0 Å². The third-order valence-corrected chi connectivity index (χ3v) is 3.04. The van der Waals surface area contributed by atoms with Crippen molar-refractivity contribution in [3.63, 3.8) is 0 Å². The number of methoxy groups -OCH3 is 2. The molecule has 0 aromatic rings. The summed E-state index contributed by atoms with van der Waals surface area (Å²) in [5, 5.41) is 0. The van der Waals surface area contributed by atoms with E-state index in [9.17, 15) is 4.79 Å². The maximum Gasteiger partial charge on any atom is 0.332 e. The summed E-state index contributed by atoms with van der Waals surface area (Å²) in [6, 6.07) is 0. The molecule has 0 atom stereocenters. The Balaban J connectivity index is 3.54. The normalized spacial score (nSPS) is 11.1. The van der Waals surface area contributed by atoms with E-state index in [0.29, 0.717) is 11.8 Å². The predicted molar refractivity (Wildman–Crippen MR) is 52.1 cm³/mol. The van der Waals surface area contributed by atoms with Crippen molar-refractivity contribution < 1.29 is 19.0 Å². The third-order valence-electron chi connectivity index (χ3n) is 1.46.